The Kier molecular flexibility index (Phi) is 6.55. The number of carbonyl (C=O) groups excluding carboxylic acids is 4. The van der Waals surface area contributed by atoms with Gasteiger partial charge >= 0.3 is 0 Å². The summed E-state index contributed by atoms with van der Waals surface area (Å²) in [6.07, 6.45) is 0.645. The number of nitrogens with zero attached hydrogens (tertiary/aromatic N) is 1. The van der Waals surface area contributed by atoms with Crippen LogP contribution in [0.4, 0.5) is 5.69 Å². The summed E-state index contributed by atoms with van der Waals surface area (Å²) in [6, 6.07) is 13.0. The molecule has 0 aromatic heterocycles. The van der Waals surface area contributed by atoms with Crippen LogP contribution in [0.2, 0.25) is 0 Å². The van der Waals surface area contributed by atoms with E-state index in [2.05, 4.69) is 43.5 Å². The first kappa shape index (κ1) is 23.7. The summed E-state index contributed by atoms with van der Waals surface area (Å²) in [5.74, 6) is -0.527. The Morgan fingerprint density at radius 3 is 2.47 bits per heavy atom. The van der Waals surface area contributed by atoms with Crippen LogP contribution in [0, 0.1) is 0 Å². The Morgan fingerprint density at radius 1 is 1.06 bits per heavy atom. The molecule has 1 aliphatic heterocycles. The number of hydrogen-bond donors (Lipinski definition) is 2. The van der Waals surface area contributed by atoms with Crippen molar-refractivity contribution in [1.82, 2.24) is 10.2 Å². The molecular formula is C27H31N3O4. The van der Waals surface area contributed by atoms with Gasteiger partial charge < -0.3 is 15.5 Å². The summed E-state index contributed by atoms with van der Waals surface area (Å²) in [7, 11) is 0. The first-order valence-electron chi connectivity index (χ1n) is 11.7. The summed E-state index contributed by atoms with van der Waals surface area (Å²) >= 11 is 0. The second-order valence-electron chi connectivity index (χ2n) is 10.1. The Balaban J connectivity index is 1.30. The molecule has 1 atom stereocenters. The van der Waals surface area contributed by atoms with E-state index in [0.29, 0.717) is 31.5 Å². The molecule has 2 amide bonds. The molecule has 2 aromatic carbocycles. The largest absolute Gasteiger partial charge is 0.376 e. The molecule has 0 radical (unpaired) electrons. The molecule has 1 saturated carbocycles. The van der Waals surface area contributed by atoms with Crippen molar-refractivity contribution in [1.29, 1.82) is 0 Å². The SMILES string of the molecule is CC(C)(C)c1ccc(NCC(=O)NCc2ccc3c(c2)CN([C@H]2CCC(=O)CC2=O)C3=O)cc1. The minimum absolute atomic E-state index is 0.0557. The molecule has 4 rings (SSSR count). The normalized spacial score (nSPS) is 18.1. The highest BCUT2D eigenvalue weighted by atomic mass is 16.2. The lowest BCUT2D eigenvalue weighted by Gasteiger charge is -2.29. The van der Waals surface area contributed by atoms with Crippen LogP contribution in [-0.4, -0.2) is 40.9 Å². The van der Waals surface area contributed by atoms with Gasteiger partial charge in [-0.05, 0) is 46.7 Å². The predicted molar refractivity (Wildman–Crippen MR) is 129 cm³/mol. The van der Waals surface area contributed by atoms with E-state index < -0.39 is 6.04 Å². The highest BCUT2D eigenvalue weighted by Gasteiger charge is 2.38. The predicted octanol–water partition coefficient (Wildman–Crippen LogP) is 3.36. The molecule has 0 bridgehead atoms. The van der Waals surface area contributed by atoms with E-state index in [9.17, 15) is 19.2 Å². The topological polar surface area (TPSA) is 95.6 Å². The Bertz CT molecular complexity index is 1130. The number of rotatable bonds is 6. The Morgan fingerprint density at radius 2 is 1.79 bits per heavy atom. The number of anilines is 1. The molecule has 1 fully saturated rings. The zero-order valence-electron chi connectivity index (χ0n) is 19.9. The summed E-state index contributed by atoms with van der Waals surface area (Å²) in [5, 5.41) is 6.04. The van der Waals surface area contributed by atoms with Gasteiger partial charge in [0.05, 0.1) is 19.0 Å². The molecule has 1 heterocycles. The molecule has 0 saturated heterocycles. The van der Waals surface area contributed by atoms with Crippen molar-refractivity contribution < 1.29 is 19.2 Å². The van der Waals surface area contributed by atoms with Gasteiger partial charge in [-0.3, -0.25) is 19.2 Å². The van der Waals surface area contributed by atoms with Crippen LogP contribution in [0.5, 0.6) is 0 Å². The van der Waals surface area contributed by atoms with Gasteiger partial charge in [-0.2, -0.15) is 0 Å². The van der Waals surface area contributed by atoms with Crippen LogP contribution in [0.25, 0.3) is 0 Å². The number of nitrogens with one attached hydrogen (secondary N) is 2. The third-order valence-corrected chi connectivity index (χ3v) is 6.51. The van der Waals surface area contributed by atoms with E-state index in [-0.39, 0.29) is 41.8 Å². The van der Waals surface area contributed by atoms with Crippen LogP contribution in [0.15, 0.2) is 42.5 Å². The lowest BCUT2D eigenvalue weighted by atomic mass is 9.87. The maximum Gasteiger partial charge on any atom is 0.255 e. The second kappa shape index (κ2) is 9.41. The molecule has 2 N–H and O–H groups in total. The number of amides is 2. The first-order valence-corrected chi connectivity index (χ1v) is 11.7. The lowest BCUT2D eigenvalue weighted by molar-refractivity contribution is -0.133. The van der Waals surface area contributed by atoms with Crippen LogP contribution >= 0.6 is 0 Å². The maximum absolute atomic E-state index is 12.8. The molecule has 2 aromatic rings. The van der Waals surface area contributed by atoms with Gasteiger partial charge in [-0.1, -0.05) is 45.0 Å². The standard InChI is InChI=1S/C27H31N3O4/c1-27(2,3)19-5-7-20(8-6-19)28-15-25(33)29-14-17-4-10-22-18(12-17)16-30(26(22)34)23-11-9-21(31)13-24(23)32/h4-8,10,12,23,28H,9,11,13-16H2,1-3H3,(H,29,33)/t23-/m0/s1. The first-order chi connectivity index (χ1) is 16.1. The zero-order chi connectivity index (χ0) is 24.5. The average Bonchev–Trinajstić information content (AvgIpc) is 3.11. The molecule has 0 unspecified atom stereocenters. The Labute approximate surface area is 199 Å². The number of carbonyl (C=O) groups is 4. The molecule has 34 heavy (non-hydrogen) atoms. The highest BCUT2D eigenvalue weighted by molar-refractivity contribution is 6.07. The van der Waals surface area contributed by atoms with E-state index in [4.69, 9.17) is 0 Å². The molecule has 2 aliphatic rings. The molecule has 7 nitrogen and oxygen atoms in total. The van der Waals surface area contributed by atoms with Crippen molar-refractivity contribution in [2.45, 2.75) is 64.6 Å². The van der Waals surface area contributed by atoms with E-state index in [0.717, 1.165) is 16.8 Å². The number of fused-ring (bicyclic) bond motifs is 1. The number of ketones is 2. The molecule has 1 aliphatic carbocycles. The van der Waals surface area contributed by atoms with E-state index in [1.165, 1.54) is 5.56 Å². The van der Waals surface area contributed by atoms with Crippen LogP contribution in [0.3, 0.4) is 0 Å². The van der Waals surface area contributed by atoms with Crippen molar-refractivity contribution in [2.75, 3.05) is 11.9 Å². The smallest absolute Gasteiger partial charge is 0.255 e. The zero-order valence-corrected chi connectivity index (χ0v) is 19.9. The van der Waals surface area contributed by atoms with Gasteiger partial charge in [0, 0.05) is 30.8 Å². The minimum Gasteiger partial charge on any atom is -0.376 e. The van der Waals surface area contributed by atoms with E-state index in [1.54, 1.807) is 11.0 Å². The molecular weight excluding hydrogens is 430 g/mol. The number of benzene rings is 2. The van der Waals surface area contributed by atoms with Gasteiger partial charge in [0.2, 0.25) is 5.91 Å². The fraction of sp³-hybridized carbons (Fsp3) is 0.407. The van der Waals surface area contributed by atoms with Gasteiger partial charge in [0.1, 0.15) is 5.78 Å². The quantitative estimate of drug-likeness (QED) is 0.643. The highest BCUT2D eigenvalue weighted by Crippen LogP contribution is 2.29. The summed E-state index contributed by atoms with van der Waals surface area (Å²) in [6.45, 7) is 7.34. The van der Waals surface area contributed by atoms with Crippen LogP contribution < -0.4 is 10.6 Å². The maximum atomic E-state index is 12.8. The monoisotopic (exact) mass is 461 g/mol. The summed E-state index contributed by atoms with van der Waals surface area (Å²) in [4.78, 5) is 50.5. The van der Waals surface area contributed by atoms with Crippen LogP contribution in [-0.2, 0) is 32.9 Å². The fourth-order valence-corrected chi connectivity index (χ4v) is 4.48. The van der Waals surface area contributed by atoms with Crippen molar-refractivity contribution in [3.63, 3.8) is 0 Å². The molecule has 0 spiro atoms. The van der Waals surface area contributed by atoms with Crippen LogP contribution in [0.1, 0.15) is 67.1 Å². The van der Waals surface area contributed by atoms with E-state index in [1.807, 2.05) is 24.3 Å². The second-order valence-corrected chi connectivity index (χ2v) is 10.1. The van der Waals surface area contributed by atoms with Crippen molar-refractivity contribution in [2.24, 2.45) is 0 Å². The van der Waals surface area contributed by atoms with E-state index >= 15 is 0 Å². The molecule has 178 valence electrons. The third kappa shape index (κ3) is 5.19. The van der Waals surface area contributed by atoms with Crippen molar-refractivity contribution >= 4 is 29.1 Å². The van der Waals surface area contributed by atoms with Gasteiger partial charge in [-0.25, -0.2) is 0 Å². The fourth-order valence-electron chi connectivity index (χ4n) is 4.48. The van der Waals surface area contributed by atoms with Gasteiger partial charge in [-0.15, -0.1) is 0 Å². The average molecular weight is 462 g/mol. The number of hydrogen-bond acceptors (Lipinski definition) is 5. The molecule has 7 heteroatoms. The van der Waals surface area contributed by atoms with Crippen molar-refractivity contribution in [3.8, 4) is 0 Å². The lowest BCUT2D eigenvalue weighted by Crippen LogP contribution is -2.44. The summed E-state index contributed by atoms with van der Waals surface area (Å²) in [5.41, 5.74) is 4.52. The number of Topliss-reactive ketones (excluding diaryl/α,β-unsaturated/α-hetero) is 2. The summed E-state index contributed by atoms with van der Waals surface area (Å²) < 4.78 is 0. The van der Waals surface area contributed by atoms with Gasteiger partial charge in [0.15, 0.2) is 5.78 Å². The third-order valence-electron chi connectivity index (χ3n) is 6.51. The van der Waals surface area contributed by atoms with Gasteiger partial charge in [0.25, 0.3) is 5.91 Å². The Hall–Kier alpha value is -3.48. The minimum atomic E-state index is -0.524. The van der Waals surface area contributed by atoms with Crippen molar-refractivity contribution in [3.05, 3.63) is 64.7 Å².